The monoisotopic (exact) mass is 694 g/mol. The lowest BCUT2D eigenvalue weighted by Gasteiger charge is -2.12. The number of nitrogens with one attached hydrogen (secondary N) is 1. The van der Waals surface area contributed by atoms with Gasteiger partial charge in [0.25, 0.3) is 5.91 Å². The molecule has 0 aliphatic heterocycles. The lowest BCUT2D eigenvalue weighted by Crippen LogP contribution is -2.17. The van der Waals surface area contributed by atoms with Crippen LogP contribution in [0.25, 0.3) is 0 Å². The highest BCUT2D eigenvalue weighted by Gasteiger charge is 2.11. The zero-order valence-corrected chi connectivity index (χ0v) is 22.7. The molecule has 0 atom stereocenters. The standard InChI is InChI=1S/C23H18Cl2I2N2O3/c1-2-31-18-7-4-15(5-8-18)23(30)29-28-12-14-9-20(26)22(21(27)10-14)32-13-16-3-6-17(24)11-19(16)25/h3-12H,2,13H2,1H3,(H,29,30)/b28-12+. The van der Waals surface area contributed by atoms with E-state index in [-0.39, 0.29) is 5.91 Å². The minimum Gasteiger partial charge on any atom is -0.494 e. The number of nitrogens with zero attached hydrogens (tertiary/aromatic N) is 1. The second-order valence-electron chi connectivity index (χ2n) is 6.49. The van der Waals surface area contributed by atoms with Crippen LogP contribution in [0.1, 0.15) is 28.4 Å². The summed E-state index contributed by atoms with van der Waals surface area (Å²) in [6.45, 7) is 2.81. The van der Waals surface area contributed by atoms with Crippen molar-refractivity contribution in [1.29, 1.82) is 0 Å². The fourth-order valence-corrected chi connectivity index (χ4v) is 5.27. The van der Waals surface area contributed by atoms with Crippen LogP contribution in [-0.2, 0) is 6.61 Å². The van der Waals surface area contributed by atoms with Crippen molar-refractivity contribution in [3.8, 4) is 11.5 Å². The Morgan fingerprint density at radius 2 is 1.72 bits per heavy atom. The Labute approximate surface area is 223 Å². The number of hydrogen-bond donors (Lipinski definition) is 1. The van der Waals surface area contributed by atoms with Crippen molar-refractivity contribution in [2.75, 3.05) is 6.61 Å². The van der Waals surface area contributed by atoms with Crippen LogP contribution in [0, 0.1) is 7.14 Å². The quantitative estimate of drug-likeness (QED) is 0.158. The number of ether oxygens (including phenoxy) is 2. The Kier molecular flexibility index (Phi) is 9.45. The van der Waals surface area contributed by atoms with Crippen LogP contribution < -0.4 is 14.9 Å². The van der Waals surface area contributed by atoms with E-state index in [9.17, 15) is 4.79 Å². The first-order valence-corrected chi connectivity index (χ1v) is 12.4. The largest absolute Gasteiger partial charge is 0.494 e. The number of halogens is 4. The Bertz CT molecular complexity index is 1120. The molecule has 0 radical (unpaired) electrons. The highest BCUT2D eigenvalue weighted by atomic mass is 127. The van der Waals surface area contributed by atoms with E-state index in [0.717, 1.165) is 29.8 Å². The van der Waals surface area contributed by atoms with Crippen molar-refractivity contribution in [3.05, 3.63) is 88.5 Å². The minimum absolute atomic E-state index is 0.298. The van der Waals surface area contributed by atoms with E-state index in [1.165, 1.54) is 0 Å². The maximum absolute atomic E-state index is 12.3. The first-order valence-electron chi connectivity index (χ1n) is 9.49. The summed E-state index contributed by atoms with van der Waals surface area (Å²) in [6.07, 6.45) is 1.59. The van der Waals surface area contributed by atoms with Crippen LogP contribution in [0.15, 0.2) is 59.7 Å². The summed E-state index contributed by atoms with van der Waals surface area (Å²) < 4.78 is 13.2. The van der Waals surface area contributed by atoms with Crippen LogP contribution in [0.5, 0.6) is 11.5 Å². The maximum atomic E-state index is 12.3. The fraction of sp³-hybridized carbons (Fsp3) is 0.130. The molecule has 0 heterocycles. The van der Waals surface area contributed by atoms with Gasteiger partial charge in [0.15, 0.2) is 0 Å². The first kappa shape index (κ1) is 25.1. The van der Waals surface area contributed by atoms with Gasteiger partial charge in [0.1, 0.15) is 18.1 Å². The van der Waals surface area contributed by atoms with Gasteiger partial charge in [-0.05, 0) is 106 Å². The molecular formula is C23H18Cl2I2N2O3. The summed E-state index contributed by atoms with van der Waals surface area (Å²) in [4.78, 5) is 12.3. The van der Waals surface area contributed by atoms with E-state index >= 15 is 0 Å². The summed E-state index contributed by atoms with van der Waals surface area (Å²) in [5, 5.41) is 5.22. The van der Waals surface area contributed by atoms with Crippen molar-refractivity contribution < 1.29 is 14.3 Å². The topological polar surface area (TPSA) is 59.9 Å². The molecule has 32 heavy (non-hydrogen) atoms. The van der Waals surface area contributed by atoms with Gasteiger partial charge in [-0.1, -0.05) is 29.3 Å². The maximum Gasteiger partial charge on any atom is 0.271 e. The SMILES string of the molecule is CCOc1ccc(C(=O)N/N=C/c2cc(I)c(OCc3ccc(Cl)cc3Cl)c(I)c2)cc1. The molecule has 5 nitrogen and oxygen atoms in total. The molecule has 0 aliphatic rings. The lowest BCUT2D eigenvalue weighted by atomic mass is 10.2. The molecule has 1 N–H and O–H groups in total. The van der Waals surface area contributed by atoms with Gasteiger partial charge in [-0.2, -0.15) is 5.10 Å². The third kappa shape index (κ3) is 6.97. The van der Waals surface area contributed by atoms with Crippen LogP contribution in [0.2, 0.25) is 10.0 Å². The molecule has 0 bridgehead atoms. The van der Waals surface area contributed by atoms with Crippen LogP contribution in [0.4, 0.5) is 0 Å². The van der Waals surface area contributed by atoms with Gasteiger partial charge < -0.3 is 9.47 Å². The Morgan fingerprint density at radius 3 is 2.34 bits per heavy atom. The number of hydrazone groups is 1. The second kappa shape index (κ2) is 12.1. The average Bonchev–Trinajstić information content (AvgIpc) is 2.75. The number of carbonyl (C=O) groups excluding carboxylic acids is 1. The molecule has 0 spiro atoms. The second-order valence-corrected chi connectivity index (χ2v) is 9.66. The van der Waals surface area contributed by atoms with Gasteiger partial charge >= 0.3 is 0 Å². The van der Waals surface area contributed by atoms with Crippen LogP contribution in [-0.4, -0.2) is 18.7 Å². The van der Waals surface area contributed by atoms with Crippen molar-refractivity contribution in [1.82, 2.24) is 5.43 Å². The average molecular weight is 695 g/mol. The predicted molar refractivity (Wildman–Crippen MR) is 145 cm³/mol. The zero-order chi connectivity index (χ0) is 23.1. The van der Waals surface area contributed by atoms with E-state index < -0.39 is 0 Å². The summed E-state index contributed by atoms with van der Waals surface area (Å²) in [5.41, 5.74) is 4.73. The molecule has 0 saturated carbocycles. The normalized spacial score (nSPS) is 10.9. The van der Waals surface area contributed by atoms with Gasteiger partial charge in [0, 0.05) is 21.2 Å². The molecule has 0 unspecified atom stereocenters. The number of rotatable bonds is 8. The molecular weight excluding hydrogens is 677 g/mol. The van der Waals surface area contributed by atoms with Crippen molar-refractivity contribution in [2.45, 2.75) is 13.5 Å². The minimum atomic E-state index is -0.298. The molecule has 0 aromatic heterocycles. The molecule has 9 heteroatoms. The molecule has 166 valence electrons. The highest BCUT2D eigenvalue weighted by molar-refractivity contribution is 14.1. The van der Waals surface area contributed by atoms with Gasteiger partial charge in [-0.3, -0.25) is 4.79 Å². The van der Waals surface area contributed by atoms with E-state index in [2.05, 4.69) is 55.7 Å². The van der Waals surface area contributed by atoms with Crippen LogP contribution >= 0.6 is 68.4 Å². The summed E-state index contributed by atoms with van der Waals surface area (Å²) >= 11 is 16.6. The number of carbonyl (C=O) groups is 1. The van der Waals surface area contributed by atoms with E-state index in [1.807, 2.05) is 25.1 Å². The lowest BCUT2D eigenvalue weighted by molar-refractivity contribution is 0.0955. The van der Waals surface area contributed by atoms with Crippen molar-refractivity contribution in [2.24, 2.45) is 5.10 Å². The molecule has 3 aromatic rings. The summed E-state index contributed by atoms with van der Waals surface area (Å²) in [7, 11) is 0. The molecule has 3 aromatic carbocycles. The van der Waals surface area contributed by atoms with Gasteiger partial charge in [0.2, 0.25) is 0 Å². The van der Waals surface area contributed by atoms with E-state index in [4.69, 9.17) is 32.7 Å². The predicted octanol–water partition coefficient (Wildman–Crippen LogP) is 6.94. The number of amides is 1. The van der Waals surface area contributed by atoms with Crippen molar-refractivity contribution in [3.63, 3.8) is 0 Å². The van der Waals surface area contributed by atoms with E-state index in [0.29, 0.717) is 28.8 Å². The molecule has 0 aliphatic carbocycles. The molecule has 0 fully saturated rings. The first-order chi connectivity index (χ1) is 15.4. The smallest absolute Gasteiger partial charge is 0.271 e. The summed E-state index contributed by atoms with van der Waals surface area (Å²) in [6, 6.07) is 16.1. The third-order valence-electron chi connectivity index (χ3n) is 4.21. The van der Waals surface area contributed by atoms with Gasteiger partial charge in [-0.15, -0.1) is 0 Å². The fourth-order valence-electron chi connectivity index (χ4n) is 2.68. The molecule has 0 saturated heterocycles. The number of hydrogen-bond acceptors (Lipinski definition) is 4. The molecule has 1 amide bonds. The molecule has 3 rings (SSSR count). The Morgan fingerprint density at radius 1 is 1.03 bits per heavy atom. The number of benzene rings is 3. The highest BCUT2D eigenvalue weighted by Crippen LogP contribution is 2.30. The summed E-state index contributed by atoms with van der Waals surface area (Å²) in [5.74, 6) is 1.18. The van der Waals surface area contributed by atoms with Crippen LogP contribution in [0.3, 0.4) is 0 Å². The van der Waals surface area contributed by atoms with Crippen molar-refractivity contribution >= 4 is 80.5 Å². The zero-order valence-electron chi connectivity index (χ0n) is 16.9. The Hall–Kier alpha value is -1.56. The van der Waals surface area contributed by atoms with Gasteiger partial charge in [-0.25, -0.2) is 5.43 Å². The van der Waals surface area contributed by atoms with Gasteiger partial charge in [0.05, 0.1) is 20.0 Å². The van der Waals surface area contributed by atoms with E-state index in [1.54, 1.807) is 42.6 Å². The Balaban J connectivity index is 1.62. The third-order valence-corrected chi connectivity index (χ3v) is 6.40.